The van der Waals surface area contributed by atoms with Gasteiger partial charge in [0.25, 0.3) is 0 Å². The van der Waals surface area contributed by atoms with Crippen molar-refractivity contribution in [1.29, 1.82) is 0 Å². The highest BCUT2D eigenvalue weighted by molar-refractivity contribution is 5.86. The number of ether oxygens (including phenoxy) is 1. The second-order valence-corrected chi connectivity index (χ2v) is 10.4. The van der Waals surface area contributed by atoms with E-state index in [0.29, 0.717) is 17.1 Å². The molecule has 2 aromatic carbocycles. The topological polar surface area (TPSA) is 87.8 Å². The third-order valence-electron chi connectivity index (χ3n) is 7.97. The number of hydrogen-bond acceptors (Lipinski definition) is 6. The van der Waals surface area contributed by atoms with Gasteiger partial charge in [-0.25, -0.2) is 4.79 Å². The van der Waals surface area contributed by atoms with Gasteiger partial charge >= 0.3 is 6.09 Å². The number of aryl methyl sites for hydroxylation is 1. The van der Waals surface area contributed by atoms with Crippen LogP contribution in [0.5, 0.6) is 0 Å². The maximum absolute atomic E-state index is 12.7. The van der Waals surface area contributed by atoms with Crippen LogP contribution in [0.4, 0.5) is 16.2 Å². The molecule has 2 aliphatic rings. The number of nitrogens with zero attached hydrogens (tertiary/aromatic N) is 2. The van der Waals surface area contributed by atoms with E-state index < -0.39 is 6.09 Å². The van der Waals surface area contributed by atoms with Crippen LogP contribution in [0.3, 0.4) is 0 Å². The number of amides is 1. The molecular weight excluding hydrogens is 466 g/mol. The fourth-order valence-corrected chi connectivity index (χ4v) is 5.54. The van der Waals surface area contributed by atoms with Gasteiger partial charge in [-0.3, -0.25) is 5.32 Å². The number of allylic oxidation sites excluding steroid dienone is 1. The largest absolute Gasteiger partial charge is 0.512 e. The number of aliphatic hydroxyl groups is 1. The van der Waals surface area contributed by atoms with Crippen molar-refractivity contribution in [2.75, 3.05) is 16.8 Å². The molecule has 3 aromatic rings. The molecule has 1 amide bonds. The van der Waals surface area contributed by atoms with Crippen LogP contribution >= 0.6 is 0 Å². The summed E-state index contributed by atoms with van der Waals surface area (Å²) in [5.74, 6) is 1.11. The molecule has 0 unspecified atom stereocenters. The molecule has 1 aliphatic heterocycles. The highest BCUT2D eigenvalue weighted by Gasteiger charge is 2.47. The Balaban J connectivity index is 1.23. The highest BCUT2D eigenvalue weighted by atomic mass is 16.6. The number of rotatable bonds is 7. The Hall–Kier alpha value is -3.74. The van der Waals surface area contributed by atoms with Crippen LogP contribution in [0.1, 0.15) is 74.1 Å². The van der Waals surface area contributed by atoms with Crippen LogP contribution in [0.2, 0.25) is 0 Å². The smallest absolute Gasteiger partial charge is 0.412 e. The maximum Gasteiger partial charge on any atom is 0.412 e. The number of aromatic nitrogens is 1. The Morgan fingerprint density at radius 3 is 2.54 bits per heavy atom. The Bertz CT molecular complexity index is 1260. The standard InChI is InChI=1S/C30H35N3O4/c1-19-18-24(14-17-33(19)26-12-10-25(11-13-26)30(15-16-30)22(4)34)28-27(20(2)32-37-28)31-29(35)36-21(3)23-8-6-5-7-9-23/h5-13,19,21,24,34H,4,14-18H2,1-3H3,(H,31,35)/t19-,21+,24-/m0/s1. The summed E-state index contributed by atoms with van der Waals surface area (Å²) in [6, 6.07) is 18.4. The van der Waals surface area contributed by atoms with Crippen molar-refractivity contribution in [1.82, 2.24) is 5.16 Å². The van der Waals surface area contributed by atoms with Crippen LogP contribution in [0.25, 0.3) is 0 Å². The fraction of sp³-hybridized carbons (Fsp3) is 0.400. The van der Waals surface area contributed by atoms with Gasteiger partial charge in [-0.2, -0.15) is 0 Å². The van der Waals surface area contributed by atoms with Gasteiger partial charge in [0.2, 0.25) is 0 Å². The van der Waals surface area contributed by atoms with Crippen molar-refractivity contribution in [2.24, 2.45) is 0 Å². The monoisotopic (exact) mass is 501 g/mol. The average molecular weight is 502 g/mol. The quantitative estimate of drug-likeness (QED) is 0.334. The predicted octanol–water partition coefficient (Wildman–Crippen LogP) is 7.17. The van der Waals surface area contributed by atoms with Crippen molar-refractivity contribution < 1.29 is 19.2 Å². The van der Waals surface area contributed by atoms with Crippen molar-refractivity contribution in [3.8, 4) is 0 Å². The molecule has 7 nitrogen and oxygen atoms in total. The number of benzene rings is 2. The molecule has 1 aliphatic carbocycles. The third kappa shape index (κ3) is 4.95. The molecule has 1 saturated heterocycles. The molecule has 0 radical (unpaired) electrons. The molecule has 37 heavy (non-hydrogen) atoms. The summed E-state index contributed by atoms with van der Waals surface area (Å²) in [5.41, 5.74) is 4.24. The second-order valence-electron chi connectivity index (χ2n) is 10.4. The van der Waals surface area contributed by atoms with Gasteiger partial charge in [0.1, 0.15) is 17.5 Å². The van der Waals surface area contributed by atoms with Gasteiger partial charge < -0.3 is 19.3 Å². The highest BCUT2D eigenvalue weighted by Crippen LogP contribution is 2.52. The lowest BCUT2D eigenvalue weighted by molar-refractivity contribution is 0.121. The summed E-state index contributed by atoms with van der Waals surface area (Å²) >= 11 is 0. The second kappa shape index (κ2) is 9.96. The molecule has 0 bridgehead atoms. The first-order valence-electron chi connectivity index (χ1n) is 13.0. The van der Waals surface area contributed by atoms with Gasteiger partial charge in [-0.15, -0.1) is 0 Å². The minimum absolute atomic E-state index is 0.140. The van der Waals surface area contributed by atoms with Crippen molar-refractivity contribution in [2.45, 2.75) is 69.9 Å². The summed E-state index contributed by atoms with van der Waals surface area (Å²) in [6.07, 6.45) is 2.77. The molecular formula is C30H35N3O4. The maximum atomic E-state index is 12.7. The average Bonchev–Trinajstić information content (AvgIpc) is 3.64. The number of nitrogens with one attached hydrogen (secondary N) is 1. The molecule has 5 rings (SSSR count). The lowest BCUT2D eigenvalue weighted by atomic mass is 9.88. The summed E-state index contributed by atoms with van der Waals surface area (Å²) < 4.78 is 11.3. The Morgan fingerprint density at radius 2 is 1.92 bits per heavy atom. The van der Waals surface area contributed by atoms with E-state index in [-0.39, 0.29) is 29.2 Å². The first kappa shape index (κ1) is 24.9. The van der Waals surface area contributed by atoms with E-state index in [4.69, 9.17) is 9.26 Å². The molecule has 7 heteroatoms. The molecule has 1 aromatic heterocycles. The van der Waals surface area contributed by atoms with E-state index in [0.717, 1.165) is 43.4 Å². The third-order valence-corrected chi connectivity index (χ3v) is 7.97. The van der Waals surface area contributed by atoms with E-state index in [1.54, 1.807) is 0 Å². The van der Waals surface area contributed by atoms with Gasteiger partial charge in [0, 0.05) is 24.2 Å². The fourth-order valence-electron chi connectivity index (χ4n) is 5.54. The van der Waals surface area contributed by atoms with Crippen molar-refractivity contribution in [3.63, 3.8) is 0 Å². The van der Waals surface area contributed by atoms with Crippen LogP contribution in [-0.4, -0.2) is 28.9 Å². The minimum atomic E-state index is -0.520. The molecule has 2 heterocycles. The van der Waals surface area contributed by atoms with E-state index in [1.807, 2.05) is 44.2 Å². The molecule has 0 spiro atoms. The Labute approximate surface area is 218 Å². The van der Waals surface area contributed by atoms with Crippen LogP contribution in [0.15, 0.2) is 71.5 Å². The van der Waals surface area contributed by atoms with Crippen LogP contribution in [-0.2, 0) is 10.2 Å². The van der Waals surface area contributed by atoms with Crippen LogP contribution < -0.4 is 10.2 Å². The zero-order valence-corrected chi connectivity index (χ0v) is 21.7. The SMILES string of the molecule is C=C(O)C1(c2ccc(N3CC[C@H](c4onc(C)c4NC(=O)O[C@H](C)c4ccccc4)C[C@@H]3C)cc2)CC1. The zero-order valence-electron chi connectivity index (χ0n) is 21.7. The number of carbonyl (C=O) groups excluding carboxylic acids is 1. The molecule has 2 fully saturated rings. The van der Waals surface area contributed by atoms with Crippen molar-refractivity contribution >= 4 is 17.5 Å². The molecule has 2 N–H and O–H groups in total. The van der Waals surface area contributed by atoms with Gasteiger partial charge in [-0.05, 0) is 69.7 Å². The van der Waals surface area contributed by atoms with Gasteiger partial charge in [0.05, 0.1) is 11.2 Å². The molecule has 194 valence electrons. The Morgan fingerprint density at radius 1 is 1.22 bits per heavy atom. The summed E-state index contributed by atoms with van der Waals surface area (Å²) in [4.78, 5) is 15.1. The normalized spacial score (nSPS) is 21.2. The number of carbonyl (C=O) groups is 1. The van der Waals surface area contributed by atoms with E-state index in [9.17, 15) is 9.90 Å². The number of hydrogen-bond donors (Lipinski definition) is 2. The Kier molecular flexibility index (Phi) is 6.71. The number of aliphatic hydroxyl groups excluding tert-OH is 1. The zero-order chi connectivity index (χ0) is 26.2. The van der Waals surface area contributed by atoms with E-state index in [2.05, 4.69) is 53.1 Å². The number of piperidine rings is 1. The number of anilines is 2. The predicted molar refractivity (Wildman–Crippen MR) is 144 cm³/mol. The van der Waals surface area contributed by atoms with Gasteiger partial charge in [-0.1, -0.05) is 54.2 Å². The van der Waals surface area contributed by atoms with Gasteiger partial charge in [0.15, 0.2) is 5.76 Å². The summed E-state index contributed by atoms with van der Waals surface area (Å²) in [6.45, 7) is 10.5. The van der Waals surface area contributed by atoms with Crippen molar-refractivity contribution in [3.05, 3.63) is 89.5 Å². The molecule has 3 atom stereocenters. The van der Waals surface area contributed by atoms with E-state index in [1.165, 1.54) is 5.69 Å². The van der Waals surface area contributed by atoms with Crippen LogP contribution in [0, 0.1) is 6.92 Å². The lowest BCUT2D eigenvalue weighted by Crippen LogP contribution is -2.40. The lowest BCUT2D eigenvalue weighted by Gasteiger charge is -2.39. The summed E-state index contributed by atoms with van der Waals surface area (Å²) in [5, 5.41) is 17.1. The first-order chi connectivity index (χ1) is 17.8. The minimum Gasteiger partial charge on any atom is -0.512 e. The van der Waals surface area contributed by atoms with E-state index >= 15 is 0 Å². The summed E-state index contributed by atoms with van der Waals surface area (Å²) in [7, 11) is 0. The molecule has 1 saturated carbocycles. The first-order valence-corrected chi connectivity index (χ1v) is 13.0.